The predicted molar refractivity (Wildman–Crippen MR) is 146 cm³/mol. The third kappa shape index (κ3) is 8.02. The van der Waals surface area contributed by atoms with Crippen LogP contribution in [-0.4, -0.2) is 85.2 Å². The predicted octanol–water partition coefficient (Wildman–Crippen LogP) is 3.16. The van der Waals surface area contributed by atoms with E-state index >= 15 is 0 Å². The van der Waals surface area contributed by atoms with E-state index in [2.05, 4.69) is 65.2 Å². The number of aromatic nitrogens is 1. The lowest BCUT2D eigenvalue weighted by molar-refractivity contribution is 0.0982. The van der Waals surface area contributed by atoms with Crippen molar-refractivity contribution >= 4 is 35.8 Å². The number of nitrogens with zero attached hydrogens (tertiary/aromatic N) is 5. The van der Waals surface area contributed by atoms with Gasteiger partial charge in [-0.2, -0.15) is 0 Å². The minimum absolute atomic E-state index is 0. The molecule has 8 heteroatoms. The largest absolute Gasteiger partial charge is 0.357 e. The highest BCUT2D eigenvalue weighted by atomic mass is 127. The van der Waals surface area contributed by atoms with Gasteiger partial charge in [-0.05, 0) is 64.9 Å². The topological polar surface area (TPSA) is 59.0 Å². The van der Waals surface area contributed by atoms with Crippen LogP contribution in [0.3, 0.4) is 0 Å². The molecule has 2 saturated heterocycles. The molecular formula is C24H44IN7. The van der Waals surface area contributed by atoms with Gasteiger partial charge < -0.3 is 20.4 Å². The molecule has 0 amide bonds. The smallest absolute Gasteiger partial charge is 0.191 e. The summed E-state index contributed by atoms with van der Waals surface area (Å²) < 4.78 is 0. The Morgan fingerprint density at radius 3 is 2.31 bits per heavy atom. The zero-order valence-corrected chi connectivity index (χ0v) is 22.9. The summed E-state index contributed by atoms with van der Waals surface area (Å²) in [6, 6.07) is 4.31. The van der Waals surface area contributed by atoms with Crippen molar-refractivity contribution in [2.75, 3.05) is 63.8 Å². The maximum absolute atomic E-state index is 4.81. The molecule has 1 aromatic heterocycles. The van der Waals surface area contributed by atoms with Gasteiger partial charge in [0.2, 0.25) is 0 Å². The highest BCUT2D eigenvalue weighted by Gasteiger charge is 2.27. The lowest BCUT2D eigenvalue weighted by atomic mass is 9.98. The number of likely N-dealkylation sites (N-methyl/N-ethyl adjacent to an activating group) is 1. The van der Waals surface area contributed by atoms with Crippen molar-refractivity contribution in [1.82, 2.24) is 25.4 Å². The Kier molecular flexibility index (Phi) is 11.5. The molecule has 2 fully saturated rings. The van der Waals surface area contributed by atoms with E-state index in [4.69, 9.17) is 9.98 Å². The van der Waals surface area contributed by atoms with E-state index in [0.29, 0.717) is 6.54 Å². The van der Waals surface area contributed by atoms with E-state index in [9.17, 15) is 0 Å². The van der Waals surface area contributed by atoms with Crippen LogP contribution in [0.25, 0.3) is 0 Å². The third-order valence-corrected chi connectivity index (χ3v) is 6.62. The molecule has 182 valence electrons. The molecule has 7 nitrogen and oxygen atoms in total. The van der Waals surface area contributed by atoms with Crippen molar-refractivity contribution in [3.8, 4) is 0 Å². The van der Waals surface area contributed by atoms with Crippen molar-refractivity contribution in [3.05, 3.63) is 23.9 Å². The van der Waals surface area contributed by atoms with Gasteiger partial charge in [0.05, 0.1) is 6.54 Å². The van der Waals surface area contributed by atoms with Crippen LogP contribution in [0.1, 0.15) is 52.5 Å². The molecule has 0 spiro atoms. The molecule has 0 atom stereocenters. The first-order valence-corrected chi connectivity index (χ1v) is 12.2. The maximum Gasteiger partial charge on any atom is 0.191 e. The summed E-state index contributed by atoms with van der Waals surface area (Å²) in [5.41, 5.74) is 1.27. The van der Waals surface area contributed by atoms with Crippen LogP contribution in [0.15, 0.2) is 23.3 Å². The van der Waals surface area contributed by atoms with E-state index in [0.717, 1.165) is 63.2 Å². The van der Waals surface area contributed by atoms with Crippen LogP contribution in [0.2, 0.25) is 0 Å². The van der Waals surface area contributed by atoms with Gasteiger partial charge in [-0.3, -0.25) is 4.90 Å². The number of rotatable bonds is 8. The van der Waals surface area contributed by atoms with Crippen molar-refractivity contribution in [2.45, 2.75) is 59.0 Å². The molecular weight excluding hydrogens is 513 g/mol. The van der Waals surface area contributed by atoms with Crippen LogP contribution in [0.4, 0.5) is 5.82 Å². The van der Waals surface area contributed by atoms with E-state index in [1.165, 1.54) is 32.4 Å². The van der Waals surface area contributed by atoms with Crippen molar-refractivity contribution in [1.29, 1.82) is 0 Å². The Bertz CT molecular complexity index is 678. The van der Waals surface area contributed by atoms with Crippen LogP contribution in [-0.2, 0) is 6.54 Å². The number of guanidine groups is 1. The highest BCUT2D eigenvalue weighted by Crippen LogP contribution is 2.20. The summed E-state index contributed by atoms with van der Waals surface area (Å²) >= 11 is 0. The molecule has 3 heterocycles. The van der Waals surface area contributed by atoms with Crippen LogP contribution < -0.4 is 15.5 Å². The minimum atomic E-state index is 0. The van der Waals surface area contributed by atoms with Gasteiger partial charge >= 0.3 is 0 Å². The number of hydrogen-bond acceptors (Lipinski definition) is 5. The molecule has 1 aromatic rings. The number of likely N-dealkylation sites (tertiary alicyclic amines) is 1. The van der Waals surface area contributed by atoms with E-state index < -0.39 is 0 Å². The normalized spacial score (nSPS) is 18.9. The van der Waals surface area contributed by atoms with Gasteiger partial charge in [-0.15, -0.1) is 24.0 Å². The quantitative estimate of drug-likeness (QED) is 0.291. The average Bonchev–Trinajstić information content (AvgIpc) is 2.82. The van der Waals surface area contributed by atoms with Gasteiger partial charge in [0.25, 0.3) is 0 Å². The van der Waals surface area contributed by atoms with Gasteiger partial charge in [0.1, 0.15) is 5.82 Å². The lowest BCUT2D eigenvalue weighted by Crippen LogP contribution is -2.54. The molecule has 32 heavy (non-hydrogen) atoms. The number of aliphatic imine (C=N–C) groups is 1. The number of hydrogen-bond donors (Lipinski definition) is 2. The summed E-state index contributed by atoms with van der Waals surface area (Å²) in [6.45, 7) is 19.3. The molecule has 2 aliphatic rings. The molecule has 0 bridgehead atoms. The second-order valence-corrected chi connectivity index (χ2v) is 9.35. The second-order valence-electron chi connectivity index (χ2n) is 9.35. The fraction of sp³-hybridized carbons (Fsp3) is 0.750. The van der Waals surface area contributed by atoms with Crippen molar-refractivity contribution in [3.63, 3.8) is 0 Å². The van der Waals surface area contributed by atoms with Crippen LogP contribution in [0.5, 0.6) is 0 Å². The summed E-state index contributed by atoms with van der Waals surface area (Å²) in [6.07, 6.45) is 5.97. The maximum atomic E-state index is 4.81. The molecule has 0 radical (unpaired) electrons. The highest BCUT2D eigenvalue weighted by molar-refractivity contribution is 14.0. The molecule has 0 aliphatic carbocycles. The number of piperidine rings is 1. The van der Waals surface area contributed by atoms with E-state index in [1.807, 2.05) is 6.20 Å². The van der Waals surface area contributed by atoms with E-state index in [-0.39, 0.29) is 29.5 Å². The van der Waals surface area contributed by atoms with Gasteiger partial charge in [-0.25, -0.2) is 9.98 Å². The number of halogens is 1. The SMILES string of the molecule is CCNC(=NCc1ccc(N2CCN(CC)CC2)nc1)NCC(C)(C)N1CCCCC1.I. The number of pyridine rings is 1. The third-order valence-electron chi connectivity index (χ3n) is 6.62. The van der Waals surface area contributed by atoms with Crippen LogP contribution in [0, 0.1) is 0 Å². The number of piperazine rings is 1. The van der Waals surface area contributed by atoms with Crippen molar-refractivity contribution < 1.29 is 0 Å². The van der Waals surface area contributed by atoms with Gasteiger partial charge in [0, 0.05) is 51.0 Å². The molecule has 0 saturated carbocycles. The summed E-state index contributed by atoms with van der Waals surface area (Å²) in [7, 11) is 0. The second kappa shape index (κ2) is 13.5. The van der Waals surface area contributed by atoms with E-state index in [1.54, 1.807) is 0 Å². The zero-order valence-electron chi connectivity index (χ0n) is 20.6. The summed E-state index contributed by atoms with van der Waals surface area (Å²) in [5.74, 6) is 1.96. The summed E-state index contributed by atoms with van der Waals surface area (Å²) in [5, 5.41) is 6.95. The van der Waals surface area contributed by atoms with Crippen molar-refractivity contribution in [2.24, 2.45) is 4.99 Å². The molecule has 2 aliphatic heterocycles. The zero-order chi connectivity index (χ0) is 22.1. The van der Waals surface area contributed by atoms with Gasteiger partial charge in [0.15, 0.2) is 5.96 Å². The standard InChI is InChI=1S/C24H43N7.HI/c1-5-25-23(28-20-24(3,4)31-12-8-7-9-13-31)27-19-21-10-11-22(26-18-21)30-16-14-29(6-2)15-17-30;/h10-11,18H,5-9,12-17,19-20H2,1-4H3,(H2,25,27,28);1H. The first kappa shape index (κ1) is 27.1. The molecule has 3 rings (SSSR count). The average molecular weight is 558 g/mol. The Morgan fingerprint density at radius 2 is 1.72 bits per heavy atom. The number of anilines is 1. The Labute approximate surface area is 212 Å². The molecule has 0 aromatic carbocycles. The Morgan fingerprint density at radius 1 is 1.00 bits per heavy atom. The van der Waals surface area contributed by atoms with Crippen LogP contribution >= 0.6 is 24.0 Å². The minimum Gasteiger partial charge on any atom is -0.357 e. The monoisotopic (exact) mass is 557 g/mol. The molecule has 0 unspecified atom stereocenters. The first-order valence-electron chi connectivity index (χ1n) is 12.2. The fourth-order valence-corrected chi connectivity index (χ4v) is 4.41. The molecule has 2 N–H and O–H groups in total. The Balaban J connectivity index is 0.00000363. The first-order chi connectivity index (χ1) is 15.0. The number of nitrogens with one attached hydrogen (secondary N) is 2. The van der Waals surface area contributed by atoms with Gasteiger partial charge in [-0.1, -0.05) is 19.4 Å². The fourth-order valence-electron chi connectivity index (χ4n) is 4.41. The lowest BCUT2D eigenvalue weighted by Gasteiger charge is -2.41. The Hall–Kier alpha value is -1.13. The summed E-state index contributed by atoms with van der Waals surface area (Å²) in [4.78, 5) is 17.0.